The van der Waals surface area contributed by atoms with E-state index in [1.165, 1.54) is 34.1 Å². The third-order valence-electron chi connectivity index (χ3n) is 7.89. The van der Waals surface area contributed by atoms with Gasteiger partial charge in [0.2, 0.25) is 0 Å². The van der Waals surface area contributed by atoms with Crippen molar-refractivity contribution in [1.82, 2.24) is 14.7 Å². The van der Waals surface area contributed by atoms with E-state index in [0.717, 1.165) is 34.9 Å². The summed E-state index contributed by atoms with van der Waals surface area (Å²) in [5.41, 5.74) is 0.535. The topological polar surface area (TPSA) is 152 Å². The van der Waals surface area contributed by atoms with Crippen molar-refractivity contribution < 1.29 is 37.4 Å². The van der Waals surface area contributed by atoms with Crippen molar-refractivity contribution in [2.45, 2.75) is 42.7 Å². The molecule has 202 valence electrons. The van der Waals surface area contributed by atoms with Crippen molar-refractivity contribution in [3.05, 3.63) is 30.6 Å². The highest BCUT2D eigenvalue weighted by molar-refractivity contribution is 7.92. The number of carboxylic acid groups (broad SMARTS) is 1. The standard InChI is InChI=1S/C24H27N5O8S/c1-26-12-18(9-25-26)38(34,35)28-11-17(10-27-22(30)13-36-24(27)33)37-21-5-4-16(8-20(21)28)29(23(31)32)19-7-14-2-3-15(19)6-14/h4-5,8-9,12,14-15,17,19H,2-3,6-7,10-11,13H2,1H3,(H,31,32). The summed E-state index contributed by atoms with van der Waals surface area (Å²) >= 11 is 0. The van der Waals surface area contributed by atoms with E-state index in [9.17, 15) is 27.9 Å². The molecule has 3 amide bonds. The third-order valence-corrected chi connectivity index (χ3v) is 9.62. The molecule has 1 aromatic heterocycles. The molecule has 13 nitrogen and oxygen atoms in total. The van der Waals surface area contributed by atoms with Crippen molar-refractivity contribution in [3.63, 3.8) is 0 Å². The summed E-state index contributed by atoms with van der Waals surface area (Å²) in [6, 6.07) is 4.49. The number of benzene rings is 1. The molecule has 4 atom stereocenters. The number of aryl methyl sites for hydroxylation is 1. The lowest BCUT2D eigenvalue weighted by Gasteiger charge is -2.37. The van der Waals surface area contributed by atoms with Gasteiger partial charge < -0.3 is 14.6 Å². The van der Waals surface area contributed by atoms with Gasteiger partial charge in [-0.1, -0.05) is 6.42 Å². The fraction of sp³-hybridized carbons (Fsp3) is 0.500. The maximum atomic E-state index is 13.8. The van der Waals surface area contributed by atoms with Gasteiger partial charge in [-0.2, -0.15) is 5.10 Å². The molecule has 2 aliphatic heterocycles. The van der Waals surface area contributed by atoms with Crippen LogP contribution in [0.4, 0.5) is 21.0 Å². The number of aromatic nitrogens is 2. The van der Waals surface area contributed by atoms with Gasteiger partial charge in [0.05, 0.1) is 25.0 Å². The third kappa shape index (κ3) is 4.03. The van der Waals surface area contributed by atoms with Crippen molar-refractivity contribution in [1.29, 1.82) is 0 Å². The Morgan fingerprint density at radius 3 is 2.66 bits per heavy atom. The van der Waals surface area contributed by atoms with E-state index >= 15 is 0 Å². The Hall–Kier alpha value is -3.81. The van der Waals surface area contributed by atoms with Crippen LogP contribution in [0.25, 0.3) is 0 Å². The Bertz CT molecular complexity index is 1410. The first-order chi connectivity index (χ1) is 18.1. The number of imide groups is 1. The molecule has 1 N–H and O–H groups in total. The first-order valence-corrected chi connectivity index (χ1v) is 13.9. The smallest absolute Gasteiger partial charge is 0.417 e. The lowest BCUT2D eigenvalue weighted by Crippen LogP contribution is -2.49. The van der Waals surface area contributed by atoms with Gasteiger partial charge in [-0.05, 0) is 49.3 Å². The van der Waals surface area contributed by atoms with Crippen LogP contribution in [0.3, 0.4) is 0 Å². The van der Waals surface area contributed by atoms with Gasteiger partial charge in [0.1, 0.15) is 16.7 Å². The number of cyclic esters (lactones) is 1. The number of carbonyl (C=O) groups is 3. The average Bonchev–Trinajstić information content (AvgIpc) is 3.67. The monoisotopic (exact) mass is 545 g/mol. The second-order valence-corrected chi connectivity index (χ2v) is 12.1. The maximum Gasteiger partial charge on any atom is 0.417 e. The number of hydrogen-bond acceptors (Lipinski definition) is 8. The van der Waals surface area contributed by atoms with Crippen LogP contribution in [0.1, 0.15) is 25.7 Å². The summed E-state index contributed by atoms with van der Waals surface area (Å²) in [5, 5.41) is 14.1. The zero-order chi connectivity index (χ0) is 26.8. The molecule has 4 aliphatic rings. The highest BCUT2D eigenvalue weighted by Crippen LogP contribution is 2.48. The van der Waals surface area contributed by atoms with E-state index in [2.05, 4.69) is 5.10 Å². The van der Waals surface area contributed by atoms with Gasteiger partial charge in [-0.25, -0.2) is 22.9 Å². The maximum absolute atomic E-state index is 13.8. The van der Waals surface area contributed by atoms with Crippen molar-refractivity contribution >= 4 is 39.5 Å². The van der Waals surface area contributed by atoms with E-state index in [1.807, 2.05) is 0 Å². The Morgan fingerprint density at radius 2 is 2.05 bits per heavy atom. The largest absolute Gasteiger partial charge is 0.484 e. The van der Waals surface area contributed by atoms with E-state index < -0.39 is 34.2 Å². The molecule has 4 unspecified atom stereocenters. The van der Waals surface area contributed by atoms with Crippen LogP contribution in [0.15, 0.2) is 35.5 Å². The van der Waals surface area contributed by atoms with Gasteiger partial charge in [0.15, 0.2) is 6.61 Å². The Balaban J connectivity index is 1.39. The Morgan fingerprint density at radius 1 is 1.24 bits per heavy atom. The van der Waals surface area contributed by atoms with Gasteiger partial charge in [0, 0.05) is 25.0 Å². The molecular weight excluding hydrogens is 518 g/mol. The highest BCUT2D eigenvalue weighted by atomic mass is 32.2. The lowest BCUT2D eigenvalue weighted by molar-refractivity contribution is -0.126. The molecule has 2 bridgehead atoms. The molecule has 0 spiro atoms. The first-order valence-electron chi connectivity index (χ1n) is 12.4. The summed E-state index contributed by atoms with van der Waals surface area (Å²) in [6.07, 6.45) is 3.68. The molecule has 3 heterocycles. The van der Waals surface area contributed by atoms with E-state index in [4.69, 9.17) is 9.47 Å². The van der Waals surface area contributed by atoms with Crippen molar-refractivity contribution in [2.75, 3.05) is 28.9 Å². The minimum atomic E-state index is -4.15. The van der Waals surface area contributed by atoms with E-state index in [0.29, 0.717) is 11.6 Å². The molecule has 1 aromatic carbocycles. The van der Waals surface area contributed by atoms with Gasteiger partial charge >= 0.3 is 12.2 Å². The molecule has 2 aromatic rings. The number of amides is 3. The summed E-state index contributed by atoms with van der Waals surface area (Å²) in [5.74, 6) is 0.442. The molecule has 14 heteroatoms. The quantitative estimate of drug-likeness (QED) is 0.575. The molecule has 6 rings (SSSR count). The molecule has 2 saturated carbocycles. The van der Waals surface area contributed by atoms with Crippen molar-refractivity contribution in [2.24, 2.45) is 18.9 Å². The van der Waals surface area contributed by atoms with Crippen LogP contribution in [-0.4, -0.2) is 78.1 Å². The first kappa shape index (κ1) is 24.5. The molecule has 0 radical (unpaired) electrons. The number of anilines is 2. The summed E-state index contributed by atoms with van der Waals surface area (Å²) in [4.78, 5) is 38.7. The predicted molar refractivity (Wildman–Crippen MR) is 131 cm³/mol. The number of ether oxygens (including phenoxy) is 2. The molecule has 3 fully saturated rings. The number of fused-ring (bicyclic) bond motifs is 3. The summed E-state index contributed by atoms with van der Waals surface area (Å²) in [7, 11) is -2.56. The van der Waals surface area contributed by atoms with Crippen LogP contribution in [0.5, 0.6) is 5.75 Å². The summed E-state index contributed by atoms with van der Waals surface area (Å²) < 4.78 is 40.8. The molecular formula is C24H27N5O8S. The van der Waals surface area contributed by atoms with Crippen LogP contribution in [0, 0.1) is 11.8 Å². The lowest BCUT2D eigenvalue weighted by atomic mass is 9.93. The second-order valence-electron chi connectivity index (χ2n) is 10.2. The number of nitrogens with zero attached hydrogens (tertiary/aromatic N) is 5. The van der Waals surface area contributed by atoms with Gasteiger partial charge in [-0.3, -0.25) is 18.7 Å². The zero-order valence-electron chi connectivity index (χ0n) is 20.6. The average molecular weight is 546 g/mol. The predicted octanol–water partition coefficient (Wildman–Crippen LogP) is 2.03. The van der Waals surface area contributed by atoms with Gasteiger partial charge in [-0.15, -0.1) is 0 Å². The fourth-order valence-corrected chi connectivity index (χ4v) is 7.65. The molecule has 38 heavy (non-hydrogen) atoms. The van der Waals surface area contributed by atoms with Crippen molar-refractivity contribution in [3.8, 4) is 5.75 Å². The van der Waals surface area contributed by atoms with Crippen LogP contribution < -0.4 is 13.9 Å². The fourth-order valence-electron chi connectivity index (χ4n) is 6.16. The Labute approximate surface area is 218 Å². The second kappa shape index (κ2) is 8.89. The van der Waals surface area contributed by atoms with Crippen LogP contribution in [-0.2, 0) is 26.6 Å². The van der Waals surface area contributed by atoms with Crippen LogP contribution in [0.2, 0.25) is 0 Å². The zero-order valence-corrected chi connectivity index (χ0v) is 21.4. The number of sulfonamides is 1. The Kier molecular flexibility index (Phi) is 5.74. The molecule has 1 saturated heterocycles. The minimum Gasteiger partial charge on any atom is -0.484 e. The van der Waals surface area contributed by atoms with E-state index in [-0.39, 0.29) is 48.0 Å². The van der Waals surface area contributed by atoms with E-state index in [1.54, 1.807) is 13.1 Å². The number of hydrogen-bond donors (Lipinski definition) is 1. The SMILES string of the molecule is Cn1cc(S(=O)(=O)N2CC(CN3C(=O)COC3=O)Oc3ccc(N(C(=O)O)C4CC5CCC4C5)cc32)cn1. The minimum absolute atomic E-state index is 0.0585. The van der Waals surface area contributed by atoms with Crippen LogP contribution >= 0.6 is 0 Å². The number of rotatable bonds is 6. The number of carbonyl (C=O) groups excluding carboxylic acids is 2. The molecule has 2 aliphatic carbocycles. The normalized spacial score (nSPS) is 26.3. The van der Waals surface area contributed by atoms with Gasteiger partial charge in [0.25, 0.3) is 15.9 Å². The highest BCUT2D eigenvalue weighted by Gasteiger charge is 2.45. The summed E-state index contributed by atoms with van der Waals surface area (Å²) in [6.45, 7) is -0.798.